The fraction of sp³-hybridized carbons (Fsp3) is 0.429. The summed E-state index contributed by atoms with van der Waals surface area (Å²) < 4.78 is 24.0. The molecule has 0 unspecified atom stereocenters. The Kier molecular flexibility index (Phi) is 6.34. The van der Waals surface area contributed by atoms with Crippen LogP contribution in [-0.4, -0.2) is 34.7 Å². The van der Waals surface area contributed by atoms with Crippen molar-refractivity contribution in [1.29, 1.82) is 0 Å². The van der Waals surface area contributed by atoms with E-state index in [4.69, 9.17) is 14.0 Å². The van der Waals surface area contributed by atoms with Crippen LogP contribution in [0.25, 0.3) is 0 Å². The minimum Gasteiger partial charge on any atom is -0.362 e. The van der Waals surface area contributed by atoms with Crippen LogP contribution in [0, 0.1) is 10.8 Å². The summed E-state index contributed by atoms with van der Waals surface area (Å²) in [4.78, 5) is 4.32. The van der Waals surface area contributed by atoms with Crippen LogP contribution in [0.15, 0.2) is 25.1 Å². The predicted molar refractivity (Wildman–Crippen MR) is 40.9 cm³/mol. The summed E-state index contributed by atoms with van der Waals surface area (Å²) in [7, 11) is -0.547. The van der Waals surface area contributed by atoms with E-state index in [0.717, 1.165) is 13.2 Å². The van der Waals surface area contributed by atoms with Crippen LogP contribution in [0.1, 0.15) is 0 Å². The van der Waals surface area contributed by atoms with Gasteiger partial charge in [0.15, 0.2) is 0 Å². The lowest BCUT2D eigenvalue weighted by atomic mass is 10.6. The summed E-state index contributed by atoms with van der Waals surface area (Å²) in [6, 6.07) is 0. The van der Waals surface area contributed by atoms with Gasteiger partial charge in [0.2, 0.25) is 0 Å². The minimum absolute atomic E-state index is 0.945. The van der Waals surface area contributed by atoms with Gasteiger partial charge in [0.1, 0.15) is 0 Å². The number of hydrogen-bond acceptors (Lipinski definition) is 5. The summed E-state index contributed by atoms with van der Waals surface area (Å²) in [5.74, 6) is 0. The van der Waals surface area contributed by atoms with Crippen molar-refractivity contribution < 1.29 is 24.8 Å². The van der Waals surface area contributed by atoms with Crippen LogP contribution in [0.3, 0.4) is 0 Å². The highest BCUT2D eigenvalue weighted by atomic mass is 35.6. The first-order valence-corrected chi connectivity index (χ1v) is 4.50. The maximum atomic E-state index is 8.52. The lowest BCUT2D eigenvalue weighted by Crippen LogP contribution is -2.30. The lowest BCUT2D eigenvalue weighted by molar-refractivity contribution is -1.63. The van der Waals surface area contributed by atoms with E-state index in [9.17, 15) is 0 Å². The Balaban J connectivity index is 0.000000310. The van der Waals surface area contributed by atoms with Gasteiger partial charge in [0.05, 0.1) is 6.67 Å². The summed E-state index contributed by atoms with van der Waals surface area (Å²) in [5, 5.41) is 0. The SMILES string of the molecule is C=CCN1C=CN(C)C1.[O-][Cl+2]([O-])O. The van der Waals surface area contributed by atoms with Crippen molar-refractivity contribution in [3.8, 4) is 0 Å². The Bertz CT molecular complexity index is 172. The Labute approximate surface area is 80.6 Å². The number of rotatable bonds is 2. The molecular weight excluding hydrogens is 196 g/mol. The Morgan fingerprint density at radius 3 is 2.46 bits per heavy atom. The van der Waals surface area contributed by atoms with Crippen LogP contribution in [0.5, 0.6) is 0 Å². The second kappa shape index (κ2) is 6.73. The molecule has 0 aromatic carbocycles. The van der Waals surface area contributed by atoms with Crippen LogP contribution >= 0.6 is 0 Å². The van der Waals surface area contributed by atoms with E-state index < -0.39 is 10.8 Å². The molecule has 0 saturated heterocycles. The average Bonchev–Trinajstić information content (AvgIpc) is 2.35. The van der Waals surface area contributed by atoms with Crippen molar-refractivity contribution in [3.05, 3.63) is 25.1 Å². The van der Waals surface area contributed by atoms with Crippen molar-refractivity contribution in [3.63, 3.8) is 0 Å². The quantitative estimate of drug-likeness (QED) is 0.527. The van der Waals surface area contributed by atoms with Gasteiger partial charge in [-0.3, -0.25) is 0 Å². The fourth-order valence-corrected chi connectivity index (χ4v) is 0.873. The van der Waals surface area contributed by atoms with E-state index >= 15 is 0 Å². The average molecular weight is 209 g/mol. The molecule has 0 fully saturated rings. The van der Waals surface area contributed by atoms with Gasteiger partial charge in [0.25, 0.3) is 10.8 Å². The summed E-state index contributed by atoms with van der Waals surface area (Å²) in [5.41, 5.74) is 0. The van der Waals surface area contributed by atoms with Gasteiger partial charge >= 0.3 is 0 Å². The van der Waals surface area contributed by atoms with Crippen LogP contribution in [0.4, 0.5) is 0 Å². The van der Waals surface area contributed by atoms with E-state index in [2.05, 4.69) is 35.8 Å². The highest BCUT2D eigenvalue weighted by molar-refractivity contribution is 4.91. The molecule has 0 bridgehead atoms. The fourth-order valence-electron chi connectivity index (χ4n) is 0.873. The molecule has 0 amide bonds. The second-order valence-corrected chi connectivity index (χ2v) is 2.86. The Hall–Kier alpha value is -0.750. The Morgan fingerprint density at radius 1 is 1.62 bits per heavy atom. The van der Waals surface area contributed by atoms with Gasteiger partial charge in [-0.15, -0.1) is 6.58 Å². The third-order valence-electron chi connectivity index (χ3n) is 1.30. The predicted octanol–water partition coefficient (Wildman–Crippen LogP) is -2.09. The zero-order valence-corrected chi connectivity index (χ0v) is 8.15. The zero-order chi connectivity index (χ0) is 10.3. The highest BCUT2D eigenvalue weighted by Gasteiger charge is 2.04. The van der Waals surface area contributed by atoms with Gasteiger partial charge < -0.3 is 19.1 Å². The van der Waals surface area contributed by atoms with E-state index in [1.54, 1.807) is 0 Å². The maximum absolute atomic E-state index is 8.52. The van der Waals surface area contributed by atoms with Crippen LogP contribution in [0.2, 0.25) is 0 Å². The summed E-state index contributed by atoms with van der Waals surface area (Å²) in [6.45, 7) is 5.59. The van der Waals surface area contributed by atoms with Crippen LogP contribution in [-0.2, 0) is 0 Å². The molecule has 1 N–H and O–H groups in total. The topological polar surface area (TPSA) is 72.8 Å². The third-order valence-corrected chi connectivity index (χ3v) is 1.30. The summed E-state index contributed by atoms with van der Waals surface area (Å²) >= 11 is 0. The molecule has 1 aliphatic heterocycles. The smallest absolute Gasteiger partial charge is 0.282 e. The van der Waals surface area contributed by atoms with Gasteiger partial charge in [-0.1, -0.05) is 6.08 Å². The molecule has 1 aliphatic rings. The molecule has 0 spiro atoms. The molecule has 1 heterocycles. The molecule has 76 valence electrons. The van der Waals surface area contributed by atoms with Gasteiger partial charge in [-0.2, -0.15) is 0 Å². The number of hydrogen-bond donors (Lipinski definition) is 1. The number of halogens is 1. The molecule has 0 aliphatic carbocycles. The van der Waals surface area contributed by atoms with E-state index in [-0.39, 0.29) is 0 Å². The molecule has 0 aromatic rings. The van der Waals surface area contributed by atoms with Gasteiger partial charge in [-0.05, 0) is 0 Å². The molecule has 0 saturated carbocycles. The maximum Gasteiger partial charge on any atom is 0.282 e. The van der Waals surface area contributed by atoms with Crippen molar-refractivity contribution in [1.82, 2.24) is 9.80 Å². The molecule has 0 atom stereocenters. The first kappa shape index (κ1) is 12.2. The molecule has 1 rings (SSSR count). The molecule has 6 heteroatoms. The van der Waals surface area contributed by atoms with Crippen LogP contribution < -0.4 is 9.32 Å². The molecule has 0 radical (unpaired) electrons. The van der Waals surface area contributed by atoms with E-state index in [1.807, 2.05) is 6.08 Å². The third kappa shape index (κ3) is 7.61. The van der Waals surface area contributed by atoms with E-state index in [0.29, 0.717) is 0 Å². The van der Waals surface area contributed by atoms with Crippen molar-refractivity contribution in [2.45, 2.75) is 0 Å². The standard InChI is InChI=1S/C7H12N2.ClHO3/c1-3-4-9-6-5-8(2)7-9;2-1(3)4/h3,5-6H,1,4,7H2,2H3;2H. The molecule has 0 aromatic heterocycles. The monoisotopic (exact) mass is 208 g/mol. The zero-order valence-electron chi connectivity index (χ0n) is 7.39. The first-order chi connectivity index (χ1) is 6.06. The highest BCUT2D eigenvalue weighted by Crippen LogP contribution is 2.01. The van der Waals surface area contributed by atoms with Gasteiger partial charge in [-0.25, -0.2) is 0 Å². The van der Waals surface area contributed by atoms with Crippen molar-refractivity contribution >= 4 is 0 Å². The van der Waals surface area contributed by atoms with Crippen molar-refractivity contribution in [2.75, 3.05) is 20.3 Å². The summed E-state index contributed by atoms with van der Waals surface area (Å²) in [6.07, 6.45) is 6.04. The minimum atomic E-state index is -2.60. The largest absolute Gasteiger partial charge is 0.362 e. The second-order valence-electron chi connectivity index (χ2n) is 2.46. The lowest BCUT2D eigenvalue weighted by Gasteiger charge is -2.15. The Morgan fingerprint density at radius 2 is 2.15 bits per heavy atom. The van der Waals surface area contributed by atoms with Crippen molar-refractivity contribution in [2.24, 2.45) is 0 Å². The first-order valence-electron chi connectivity index (χ1n) is 3.54. The molecule has 13 heavy (non-hydrogen) atoms. The molecule has 5 nitrogen and oxygen atoms in total. The van der Waals surface area contributed by atoms with E-state index in [1.165, 1.54) is 0 Å². The van der Waals surface area contributed by atoms with Gasteiger partial charge in [0, 0.05) is 30.7 Å². The number of nitrogens with zero attached hydrogens (tertiary/aromatic N) is 2. The molecular formula is C7H13ClN2O3. The normalized spacial score (nSPS) is 14.5.